The molecule has 32 heavy (non-hydrogen) atoms. The van der Waals surface area contributed by atoms with Crippen LogP contribution in [0.15, 0.2) is 66.7 Å². The van der Waals surface area contributed by atoms with Crippen LogP contribution in [0.3, 0.4) is 0 Å². The minimum Gasteiger partial charge on any atom is -0.488 e. The van der Waals surface area contributed by atoms with Gasteiger partial charge in [0.1, 0.15) is 12.4 Å². The SMILES string of the molecule is Cc1cccc(C2(C(=O)Nc3cc(C)c(OCc4ccccc4)c(C)c3)CCCCC2)c1. The second-order valence-corrected chi connectivity index (χ2v) is 9.18. The average Bonchev–Trinajstić information content (AvgIpc) is 2.79. The predicted molar refractivity (Wildman–Crippen MR) is 131 cm³/mol. The van der Waals surface area contributed by atoms with E-state index in [9.17, 15) is 4.79 Å². The van der Waals surface area contributed by atoms with Crippen molar-refractivity contribution < 1.29 is 9.53 Å². The van der Waals surface area contributed by atoms with Crippen molar-refractivity contribution in [3.05, 3.63) is 94.5 Å². The first-order valence-electron chi connectivity index (χ1n) is 11.6. The summed E-state index contributed by atoms with van der Waals surface area (Å²) in [4.78, 5) is 13.7. The van der Waals surface area contributed by atoms with Gasteiger partial charge in [-0.25, -0.2) is 0 Å². The van der Waals surface area contributed by atoms with Crippen molar-refractivity contribution in [2.24, 2.45) is 0 Å². The van der Waals surface area contributed by atoms with Crippen LogP contribution in [-0.2, 0) is 16.8 Å². The summed E-state index contributed by atoms with van der Waals surface area (Å²) in [6.45, 7) is 6.71. The fraction of sp³-hybridized carbons (Fsp3) is 0.345. The van der Waals surface area contributed by atoms with E-state index in [2.05, 4.69) is 48.6 Å². The van der Waals surface area contributed by atoms with Crippen molar-refractivity contribution >= 4 is 11.6 Å². The molecule has 1 saturated carbocycles. The standard InChI is InChI=1S/C29H33NO2/c1-21-11-10-14-25(17-21)29(15-8-5-9-16-29)28(31)30-26-18-22(2)27(23(3)19-26)32-20-24-12-6-4-7-13-24/h4,6-7,10-14,17-19H,5,8-9,15-16,20H2,1-3H3,(H,30,31). The second-order valence-electron chi connectivity index (χ2n) is 9.18. The molecular formula is C29H33NO2. The first-order chi connectivity index (χ1) is 15.5. The van der Waals surface area contributed by atoms with Crippen molar-refractivity contribution in [3.63, 3.8) is 0 Å². The molecule has 0 atom stereocenters. The molecule has 166 valence electrons. The Balaban J connectivity index is 1.55. The van der Waals surface area contributed by atoms with Crippen LogP contribution in [0, 0.1) is 20.8 Å². The molecule has 3 nitrogen and oxygen atoms in total. The van der Waals surface area contributed by atoms with Gasteiger partial charge < -0.3 is 10.1 Å². The van der Waals surface area contributed by atoms with E-state index in [1.165, 1.54) is 12.0 Å². The lowest BCUT2D eigenvalue weighted by molar-refractivity contribution is -0.122. The largest absolute Gasteiger partial charge is 0.488 e. The first-order valence-corrected chi connectivity index (χ1v) is 11.6. The van der Waals surface area contributed by atoms with Crippen molar-refractivity contribution in [1.29, 1.82) is 0 Å². The maximum absolute atomic E-state index is 13.7. The molecule has 1 fully saturated rings. The Kier molecular flexibility index (Phi) is 6.64. The van der Waals surface area contributed by atoms with Crippen LogP contribution in [0.1, 0.15) is 59.9 Å². The number of aryl methyl sites for hydroxylation is 3. The molecule has 0 bridgehead atoms. The third-order valence-electron chi connectivity index (χ3n) is 6.66. The highest BCUT2D eigenvalue weighted by Crippen LogP contribution is 2.41. The predicted octanol–water partition coefficient (Wildman–Crippen LogP) is 7.03. The van der Waals surface area contributed by atoms with E-state index < -0.39 is 5.41 Å². The van der Waals surface area contributed by atoms with Crippen LogP contribution in [0.25, 0.3) is 0 Å². The van der Waals surface area contributed by atoms with Crippen molar-refractivity contribution in [2.75, 3.05) is 5.32 Å². The summed E-state index contributed by atoms with van der Waals surface area (Å²) >= 11 is 0. The second kappa shape index (κ2) is 9.60. The molecule has 1 N–H and O–H groups in total. The number of nitrogens with one attached hydrogen (secondary N) is 1. The van der Waals surface area contributed by atoms with Gasteiger partial charge in [-0.1, -0.05) is 79.4 Å². The van der Waals surface area contributed by atoms with Crippen LogP contribution in [0.5, 0.6) is 5.75 Å². The third kappa shape index (κ3) is 4.72. The summed E-state index contributed by atoms with van der Waals surface area (Å²) in [6, 6.07) is 22.7. The van der Waals surface area contributed by atoms with Gasteiger partial charge in [-0.2, -0.15) is 0 Å². The molecule has 3 heteroatoms. The zero-order valence-corrected chi connectivity index (χ0v) is 19.4. The van der Waals surface area contributed by atoms with Crippen LogP contribution in [-0.4, -0.2) is 5.91 Å². The van der Waals surface area contributed by atoms with Gasteiger partial charge >= 0.3 is 0 Å². The average molecular weight is 428 g/mol. The topological polar surface area (TPSA) is 38.3 Å². The summed E-state index contributed by atoms with van der Waals surface area (Å²) in [7, 11) is 0. The number of anilines is 1. The summed E-state index contributed by atoms with van der Waals surface area (Å²) in [5, 5.41) is 3.26. The monoisotopic (exact) mass is 427 g/mol. The molecule has 0 unspecified atom stereocenters. The Morgan fingerprint density at radius 2 is 1.56 bits per heavy atom. The van der Waals surface area contributed by atoms with E-state index in [0.29, 0.717) is 6.61 Å². The lowest BCUT2D eigenvalue weighted by Gasteiger charge is -2.36. The number of hydrogen-bond donors (Lipinski definition) is 1. The molecule has 0 radical (unpaired) electrons. The molecule has 0 heterocycles. The molecule has 4 rings (SSSR count). The third-order valence-corrected chi connectivity index (χ3v) is 6.66. The maximum atomic E-state index is 13.7. The van der Waals surface area contributed by atoms with E-state index in [1.54, 1.807) is 0 Å². The first kappa shape index (κ1) is 22.1. The highest BCUT2D eigenvalue weighted by Gasteiger charge is 2.41. The summed E-state index contributed by atoms with van der Waals surface area (Å²) < 4.78 is 6.12. The van der Waals surface area contributed by atoms with Crippen LogP contribution >= 0.6 is 0 Å². The van der Waals surface area contributed by atoms with E-state index in [0.717, 1.165) is 59.4 Å². The summed E-state index contributed by atoms with van der Waals surface area (Å²) in [5.41, 5.74) is 5.94. The molecule has 3 aromatic rings. The van der Waals surface area contributed by atoms with Gasteiger partial charge in [0.2, 0.25) is 5.91 Å². The number of benzene rings is 3. The minimum absolute atomic E-state index is 0.111. The molecule has 0 aliphatic heterocycles. The smallest absolute Gasteiger partial charge is 0.235 e. The van der Waals surface area contributed by atoms with Crippen molar-refractivity contribution in [3.8, 4) is 5.75 Å². The van der Waals surface area contributed by atoms with Gasteiger partial charge in [-0.15, -0.1) is 0 Å². The number of carbonyl (C=O) groups excluding carboxylic acids is 1. The Hall–Kier alpha value is -3.07. The van der Waals surface area contributed by atoms with Crippen LogP contribution < -0.4 is 10.1 Å². The van der Waals surface area contributed by atoms with Gasteiger partial charge in [0, 0.05) is 5.69 Å². The maximum Gasteiger partial charge on any atom is 0.235 e. The van der Waals surface area contributed by atoms with E-state index in [1.807, 2.05) is 44.2 Å². The van der Waals surface area contributed by atoms with Gasteiger partial charge in [0.05, 0.1) is 5.41 Å². The molecule has 1 aliphatic carbocycles. The molecule has 3 aromatic carbocycles. The van der Waals surface area contributed by atoms with Gasteiger partial charge in [-0.05, 0) is 68.0 Å². The van der Waals surface area contributed by atoms with Crippen molar-refractivity contribution in [2.45, 2.75) is 64.9 Å². The summed E-state index contributed by atoms with van der Waals surface area (Å²) in [5.74, 6) is 0.998. The number of rotatable bonds is 6. The van der Waals surface area contributed by atoms with Crippen LogP contribution in [0.4, 0.5) is 5.69 Å². The Bertz CT molecular complexity index is 1060. The fourth-order valence-corrected chi connectivity index (χ4v) is 4.98. The summed E-state index contributed by atoms with van der Waals surface area (Å²) in [6.07, 6.45) is 5.18. The number of ether oxygens (including phenoxy) is 1. The molecule has 0 aromatic heterocycles. The van der Waals surface area contributed by atoms with Gasteiger partial charge in [0.15, 0.2) is 0 Å². The zero-order chi connectivity index (χ0) is 22.6. The Morgan fingerprint density at radius 1 is 0.875 bits per heavy atom. The van der Waals surface area contributed by atoms with Gasteiger partial charge in [0.25, 0.3) is 0 Å². The number of carbonyl (C=O) groups is 1. The Labute approximate surface area is 191 Å². The van der Waals surface area contributed by atoms with Crippen molar-refractivity contribution in [1.82, 2.24) is 0 Å². The number of amides is 1. The minimum atomic E-state index is -0.450. The van der Waals surface area contributed by atoms with Gasteiger partial charge in [-0.3, -0.25) is 4.79 Å². The van der Waals surface area contributed by atoms with E-state index >= 15 is 0 Å². The quantitative estimate of drug-likeness (QED) is 0.458. The molecular weight excluding hydrogens is 394 g/mol. The highest BCUT2D eigenvalue weighted by atomic mass is 16.5. The fourth-order valence-electron chi connectivity index (χ4n) is 4.98. The zero-order valence-electron chi connectivity index (χ0n) is 19.4. The van der Waals surface area contributed by atoms with Crippen LogP contribution in [0.2, 0.25) is 0 Å². The molecule has 1 amide bonds. The normalized spacial score (nSPS) is 15.2. The Morgan fingerprint density at radius 3 is 2.22 bits per heavy atom. The number of hydrogen-bond acceptors (Lipinski definition) is 2. The lowest BCUT2D eigenvalue weighted by atomic mass is 9.68. The molecule has 0 saturated heterocycles. The molecule has 0 spiro atoms. The lowest BCUT2D eigenvalue weighted by Crippen LogP contribution is -2.42. The van der Waals surface area contributed by atoms with E-state index in [-0.39, 0.29) is 5.91 Å². The van der Waals surface area contributed by atoms with E-state index in [4.69, 9.17) is 4.74 Å². The highest BCUT2D eigenvalue weighted by molar-refractivity contribution is 5.99. The molecule has 1 aliphatic rings.